The molecule has 94 valence electrons. The molecular formula is C10H9ClF2O4. The van der Waals surface area contributed by atoms with Crippen molar-refractivity contribution in [3.63, 3.8) is 0 Å². The van der Waals surface area contributed by atoms with Crippen LogP contribution in [0, 0.1) is 11.6 Å². The number of methoxy groups -OCH3 is 2. The lowest BCUT2D eigenvalue weighted by Crippen LogP contribution is -2.17. The van der Waals surface area contributed by atoms with Crippen LogP contribution in [0.5, 0.6) is 5.75 Å². The van der Waals surface area contributed by atoms with Crippen molar-refractivity contribution in [2.75, 3.05) is 14.2 Å². The van der Waals surface area contributed by atoms with Gasteiger partial charge in [-0.3, -0.25) is 0 Å². The van der Waals surface area contributed by atoms with E-state index >= 15 is 0 Å². The van der Waals surface area contributed by atoms with Crippen LogP contribution in [-0.4, -0.2) is 25.3 Å². The van der Waals surface area contributed by atoms with Crippen LogP contribution in [0.15, 0.2) is 6.07 Å². The summed E-state index contributed by atoms with van der Waals surface area (Å²) in [7, 11) is 2.16. The summed E-state index contributed by atoms with van der Waals surface area (Å²) >= 11 is 5.53. The summed E-state index contributed by atoms with van der Waals surface area (Å²) in [6.45, 7) is 0. The molecule has 1 unspecified atom stereocenters. The molecule has 1 aromatic carbocycles. The molecule has 0 aromatic heterocycles. The Morgan fingerprint density at radius 1 is 1.47 bits per heavy atom. The van der Waals surface area contributed by atoms with Gasteiger partial charge in [0.1, 0.15) is 16.6 Å². The summed E-state index contributed by atoms with van der Waals surface area (Å²) in [5.74, 6) is -3.84. The van der Waals surface area contributed by atoms with E-state index in [4.69, 9.17) is 11.6 Å². The van der Waals surface area contributed by atoms with Crippen molar-refractivity contribution in [2.24, 2.45) is 0 Å². The van der Waals surface area contributed by atoms with Gasteiger partial charge in [-0.25, -0.2) is 13.6 Å². The number of aliphatic hydroxyl groups is 1. The molecular weight excluding hydrogens is 258 g/mol. The number of hydrogen-bond donors (Lipinski definition) is 1. The van der Waals surface area contributed by atoms with E-state index in [1.165, 1.54) is 7.11 Å². The average molecular weight is 267 g/mol. The lowest BCUT2D eigenvalue weighted by Gasteiger charge is -2.13. The highest BCUT2D eigenvalue weighted by atomic mass is 35.5. The average Bonchev–Trinajstić information content (AvgIpc) is 2.32. The molecule has 0 aliphatic rings. The highest BCUT2D eigenvalue weighted by Crippen LogP contribution is 2.34. The molecule has 0 fully saturated rings. The Morgan fingerprint density at radius 3 is 2.53 bits per heavy atom. The van der Waals surface area contributed by atoms with Gasteiger partial charge in [0.15, 0.2) is 11.9 Å². The molecule has 0 bridgehead atoms. The molecule has 17 heavy (non-hydrogen) atoms. The van der Waals surface area contributed by atoms with Crippen LogP contribution in [-0.2, 0) is 9.53 Å². The largest absolute Gasteiger partial charge is 0.495 e. The third kappa shape index (κ3) is 2.48. The van der Waals surface area contributed by atoms with Crippen LogP contribution in [0.1, 0.15) is 11.7 Å². The fourth-order valence-electron chi connectivity index (χ4n) is 1.22. The van der Waals surface area contributed by atoms with E-state index in [-0.39, 0.29) is 5.75 Å². The predicted octanol–water partition coefficient (Wildman–Crippen LogP) is 1.83. The summed E-state index contributed by atoms with van der Waals surface area (Å²) in [4.78, 5) is 11.0. The first-order valence-corrected chi connectivity index (χ1v) is 4.79. The number of carbonyl (C=O) groups is 1. The summed E-state index contributed by atoms with van der Waals surface area (Å²) in [5.41, 5.74) is -0.873. The lowest BCUT2D eigenvalue weighted by atomic mass is 10.1. The zero-order valence-corrected chi connectivity index (χ0v) is 9.72. The highest BCUT2D eigenvalue weighted by molar-refractivity contribution is 6.32. The van der Waals surface area contributed by atoms with Gasteiger partial charge in [0.05, 0.1) is 19.8 Å². The molecule has 0 aliphatic carbocycles. The molecule has 7 heteroatoms. The Balaban J connectivity index is 3.35. The number of benzene rings is 1. The Kier molecular flexibility index (Phi) is 4.25. The van der Waals surface area contributed by atoms with E-state index < -0.39 is 34.3 Å². The molecule has 1 N–H and O–H groups in total. The van der Waals surface area contributed by atoms with E-state index in [0.717, 1.165) is 13.2 Å². The topological polar surface area (TPSA) is 55.8 Å². The molecule has 0 saturated carbocycles. The van der Waals surface area contributed by atoms with Crippen molar-refractivity contribution in [3.8, 4) is 5.75 Å². The Hall–Kier alpha value is -1.40. The smallest absolute Gasteiger partial charge is 0.339 e. The van der Waals surface area contributed by atoms with Gasteiger partial charge in [-0.15, -0.1) is 0 Å². The summed E-state index contributed by atoms with van der Waals surface area (Å²) in [5, 5.41) is 8.86. The Labute approximate surface area is 101 Å². The van der Waals surface area contributed by atoms with E-state index in [0.29, 0.717) is 0 Å². The predicted molar refractivity (Wildman–Crippen MR) is 54.9 cm³/mol. The maximum atomic E-state index is 13.6. The zero-order valence-electron chi connectivity index (χ0n) is 8.96. The first kappa shape index (κ1) is 13.7. The van der Waals surface area contributed by atoms with E-state index in [9.17, 15) is 18.7 Å². The Morgan fingerprint density at radius 2 is 2.06 bits per heavy atom. The number of aliphatic hydroxyl groups excluding tert-OH is 1. The van der Waals surface area contributed by atoms with E-state index in [1.807, 2.05) is 0 Å². The second kappa shape index (κ2) is 5.29. The first-order chi connectivity index (χ1) is 7.93. The van der Waals surface area contributed by atoms with Gasteiger partial charge in [-0.1, -0.05) is 11.6 Å². The van der Waals surface area contributed by atoms with Crippen LogP contribution >= 0.6 is 11.6 Å². The molecule has 0 aliphatic heterocycles. The fraction of sp³-hybridized carbons (Fsp3) is 0.300. The monoisotopic (exact) mass is 266 g/mol. The second-order valence-electron chi connectivity index (χ2n) is 3.03. The minimum Gasteiger partial charge on any atom is -0.495 e. The molecule has 0 spiro atoms. The summed E-state index contributed by atoms with van der Waals surface area (Å²) in [6.07, 6.45) is -2.08. The van der Waals surface area contributed by atoms with Crippen molar-refractivity contribution in [1.29, 1.82) is 0 Å². The van der Waals surface area contributed by atoms with Crippen molar-refractivity contribution in [1.82, 2.24) is 0 Å². The van der Waals surface area contributed by atoms with E-state index in [2.05, 4.69) is 9.47 Å². The lowest BCUT2D eigenvalue weighted by molar-refractivity contribution is -0.151. The fourth-order valence-corrected chi connectivity index (χ4v) is 1.45. The van der Waals surface area contributed by atoms with Crippen LogP contribution < -0.4 is 4.74 Å². The van der Waals surface area contributed by atoms with Crippen molar-refractivity contribution < 1.29 is 28.2 Å². The number of rotatable bonds is 3. The van der Waals surface area contributed by atoms with Crippen molar-refractivity contribution in [3.05, 3.63) is 28.3 Å². The third-order valence-electron chi connectivity index (χ3n) is 2.08. The standard InChI is InChI=1S/C10H9ClF2O4/c1-16-5-3-4(12)6(8(13)7(5)11)9(14)10(15)17-2/h3,9,14H,1-2H3. The van der Waals surface area contributed by atoms with Gasteiger partial charge >= 0.3 is 5.97 Å². The van der Waals surface area contributed by atoms with Crippen LogP contribution in [0.3, 0.4) is 0 Å². The number of halogens is 3. The zero-order chi connectivity index (χ0) is 13.2. The summed E-state index contributed by atoms with van der Waals surface area (Å²) in [6, 6.07) is 0.771. The Bertz CT molecular complexity index is 450. The molecule has 1 atom stereocenters. The van der Waals surface area contributed by atoms with Crippen molar-refractivity contribution in [2.45, 2.75) is 6.10 Å². The van der Waals surface area contributed by atoms with Gasteiger partial charge in [-0.2, -0.15) is 0 Å². The maximum Gasteiger partial charge on any atom is 0.339 e. The maximum absolute atomic E-state index is 13.6. The minimum atomic E-state index is -2.08. The molecule has 1 aromatic rings. The molecule has 0 saturated heterocycles. The number of hydrogen-bond acceptors (Lipinski definition) is 4. The number of esters is 1. The van der Waals surface area contributed by atoms with Crippen LogP contribution in [0.2, 0.25) is 5.02 Å². The van der Waals surface area contributed by atoms with Crippen LogP contribution in [0.25, 0.3) is 0 Å². The quantitative estimate of drug-likeness (QED) is 0.670. The van der Waals surface area contributed by atoms with E-state index in [1.54, 1.807) is 0 Å². The normalized spacial score (nSPS) is 12.1. The third-order valence-corrected chi connectivity index (χ3v) is 2.43. The number of ether oxygens (including phenoxy) is 2. The second-order valence-corrected chi connectivity index (χ2v) is 3.41. The van der Waals surface area contributed by atoms with Crippen LogP contribution in [0.4, 0.5) is 8.78 Å². The molecule has 0 heterocycles. The minimum absolute atomic E-state index is 0.234. The molecule has 4 nitrogen and oxygen atoms in total. The first-order valence-electron chi connectivity index (χ1n) is 4.41. The highest BCUT2D eigenvalue weighted by Gasteiger charge is 2.28. The molecule has 0 amide bonds. The summed E-state index contributed by atoms with van der Waals surface area (Å²) < 4.78 is 35.9. The van der Waals surface area contributed by atoms with Gasteiger partial charge in [-0.05, 0) is 0 Å². The van der Waals surface area contributed by atoms with Gasteiger partial charge in [0.25, 0.3) is 0 Å². The number of carbonyl (C=O) groups excluding carboxylic acids is 1. The SMILES string of the molecule is COC(=O)C(O)c1c(F)cc(OC)c(Cl)c1F. The van der Waals surface area contributed by atoms with Gasteiger partial charge in [0, 0.05) is 6.07 Å². The molecule has 0 radical (unpaired) electrons. The molecule has 1 rings (SSSR count). The van der Waals surface area contributed by atoms with Crippen molar-refractivity contribution >= 4 is 17.6 Å². The van der Waals surface area contributed by atoms with Gasteiger partial charge < -0.3 is 14.6 Å². The van der Waals surface area contributed by atoms with Gasteiger partial charge in [0.2, 0.25) is 0 Å².